The van der Waals surface area contributed by atoms with Gasteiger partial charge >= 0.3 is 6.18 Å². The molecular formula is C14H13BrF3NO2. The van der Waals surface area contributed by atoms with Gasteiger partial charge in [-0.05, 0) is 40.0 Å². The molecule has 1 saturated heterocycles. The largest absolute Gasteiger partial charge is 0.416 e. The fourth-order valence-corrected chi connectivity index (χ4v) is 2.68. The first-order valence-electron chi connectivity index (χ1n) is 6.45. The number of hydrogen-bond acceptors (Lipinski definition) is 2. The van der Waals surface area contributed by atoms with Gasteiger partial charge in [-0.3, -0.25) is 14.5 Å². The van der Waals surface area contributed by atoms with Crippen molar-refractivity contribution in [3.63, 3.8) is 0 Å². The molecule has 0 N–H and O–H groups in total. The number of carbonyl (C=O) groups excluding carboxylic acids is 2. The Morgan fingerprint density at radius 1 is 1.43 bits per heavy atom. The normalized spacial score (nSPS) is 19.2. The Morgan fingerprint density at radius 2 is 2.10 bits per heavy atom. The monoisotopic (exact) mass is 363 g/mol. The SMILES string of the molecule is CCC1CC(=O)N(C(=O)c2cc(C(F)(F)F)ccc2Br)C1. The summed E-state index contributed by atoms with van der Waals surface area (Å²) < 4.78 is 38.4. The van der Waals surface area contributed by atoms with Crippen molar-refractivity contribution in [1.29, 1.82) is 0 Å². The third-order valence-electron chi connectivity index (χ3n) is 3.55. The van der Waals surface area contributed by atoms with Crippen molar-refractivity contribution in [2.75, 3.05) is 6.54 Å². The summed E-state index contributed by atoms with van der Waals surface area (Å²) in [6.07, 6.45) is -3.52. The molecule has 0 aliphatic carbocycles. The Hall–Kier alpha value is -1.37. The summed E-state index contributed by atoms with van der Waals surface area (Å²) in [6, 6.07) is 2.84. The van der Waals surface area contributed by atoms with Crippen LogP contribution in [0.5, 0.6) is 0 Å². The molecular weight excluding hydrogens is 351 g/mol. The van der Waals surface area contributed by atoms with E-state index in [1.165, 1.54) is 6.07 Å². The number of amides is 2. The lowest BCUT2D eigenvalue weighted by atomic mass is 10.1. The van der Waals surface area contributed by atoms with Crippen molar-refractivity contribution >= 4 is 27.7 Å². The van der Waals surface area contributed by atoms with Crippen LogP contribution in [0.3, 0.4) is 0 Å². The molecule has 1 aromatic carbocycles. The van der Waals surface area contributed by atoms with E-state index in [0.717, 1.165) is 23.5 Å². The zero-order valence-corrected chi connectivity index (χ0v) is 12.8. The van der Waals surface area contributed by atoms with Crippen LogP contribution in [0, 0.1) is 5.92 Å². The van der Waals surface area contributed by atoms with E-state index in [0.29, 0.717) is 0 Å². The first-order valence-corrected chi connectivity index (χ1v) is 7.24. The van der Waals surface area contributed by atoms with Gasteiger partial charge in [0, 0.05) is 17.4 Å². The molecule has 2 amide bonds. The molecule has 0 saturated carbocycles. The van der Waals surface area contributed by atoms with Gasteiger partial charge in [0.25, 0.3) is 5.91 Å². The van der Waals surface area contributed by atoms with E-state index in [-0.39, 0.29) is 34.8 Å². The van der Waals surface area contributed by atoms with E-state index in [1.54, 1.807) is 0 Å². The van der Waals surface area contributed by atoms with Crippen molar-refractivity contribution in [3.05, 3.63) is 33.8 Å². The second-order valence-corrected chi connectivity index (χ2v) is 5.83. The van der Waals surface area contributed by atoms with E-state index in [9.17, 15) is 22.8 Å². The Kier molecular flexibility index (Phi) is 4.41. The molecule has 114 valence electrons. The van der Waals surface area contributed by atoms with Gasteiger partial charge in [-0.2, -0.15) is 13.2 Å². The summed E-state index contributed by atoms with van der Waals surface area (Å²) >= 11 is 3.07. The number of benzene rings is 1. The molecule has 1 unspecified atom stereocenters. The maximum atomic E-state index is 12.7. The van der Waals surface area contributed by atoms with Crippen LogP contribution >= 0.6 is 15.9 Å². The molecule has 21 heavy (non-hydrogen) atoms. The molecule has 0 radical (unpaired) electrons. The van der Waals surface area contributed by atoms with Crippen molar-refractivity contribution in [3.8, 4) is 0 Å². The Labute approximate surface area is 128 Å². The van der Waals surface area contributed by atoms with Crippen LogP contribution in [0.15, 0.2) is 22.7 Å². The van der Waals surface area contributed by atoms with Crippen molar-refractivity contribution in [2.24, 2.45) is 5.92 Å². The van der Waals surface area contributed by atoms with Crippen LogP contribution in [0.1, 0.15) is 35.7 Å². The van der Waals surface area contributed by atoms with Crippen LogP contribution in [0.2, 0.25) is 0 Å². The first kappa shape index (κ1) is 16.0. The summed E-state index contributed by atoms with van der Waals surface area (Å²) in [5.74, 6) is -0.948. The van der Waals surface area contributed by atoms with Gasteiger partial charge in [0.05, 0.1) is 11.1 Å². The van der Waals surface area contributed by atoms with Crippen molar-refractivity contribution in [2.45, 2.75) is 25.9 Å². The topological polar surface area (TPSA) is 37.4 Å². The number of hydrogen-bond donors (Lipinski definition) is 0. The average Bonchev–Trinajstić information content (AvgIpc) is 2.78. The van der Waals surface area contributed by atoms with Crippen LogP contribution in [-0.2, 0) is 11.0 Å². The number of rotatable bonds is 2. The number of alkyl halides is 3. The van der Waals surface area contributed by atoms with Gasteiger partial charge in [0.1, 0.15) is 0 Å². The second-order valence-electron chi connectivity index (χ2n) is 4.98. The van der Waals surface area contributed by atoms with Gasteiger partial charge in [0.2, 0.25) is 5.91 Å². The van der Waals surface area contributed by atoms with E-state index < -0.39 is 17.6 Å². The lowest BCUT2D eigenvalue weighted by molar-refractivity contribution is -0.137. The highest BCUT2D eigenvalue weighted by Crippen LogP contribution is 2.33. The van der Waals surface area contributed by atoms with Gasteiger partial charge in [-0.25, -0.2) is 0 Å². The standard InChI is InChI=1S/C14H13BrF3NO2/c1-2-8-5-12(20)19(7-8)13(21)10-6-9(14(16,17)18)3-4-11(10)15/h3-4,6,8H,2,5,7H2,1H3. The third kappa shape index (κ3) is 3.28. The lowest BCUT2D eigenvalue weighted by Crippen LogP contribution is -2.32. The Bertz CT molecular complexity index is 586. The van der Waals surface area contributed by atoms with Crippen LogP contribution < -0.4 is 0 Å². The number of nitrogens with zero attached hydrogens (tertiary/aromatic N) is 1. The molecule has 0 aromatic heterocycles. The highest BCUT2D eigenvalue weighted by atomic mass is 79.9. The van der Waals surface area contributed by atoms with Crippen molar-refractivity contribution < 1.29 is 22.8 Å². The minimum absolute atomic E-state index is 0.0750. The maximum absolute atomic E-state index is 12.7. The fourth-order valence-electron chi connectivity index (χ4n) is 2.26. The molecule has 2 rings (SSSR count). The number of halogens is 4. The number of carbonyl (C=O) groups is 2. The van der Waals surface area contributed by atoms with Crippen LogP contribution in [-0.4, -0.2) is 23.3 Å². The maximum Gasteiger partial charge on any atom is 0.416 e. The van der Waals surface area contributed by atoms with E-state index in [4.69, 9.17) is 0 Å². The molecule has 1 heterocycles. The molecule has 3 nitrogen and oxygen atoms in total. The number of imide groups is 1. The molecule has 0 spiro atoms. The fraction of sp³-hybridized carbons (Fsp3) is 0.429. The van der Waals surface area contributed by atoms with Crippen molar-refractivity contribution in [1.82, 2.24) is 4.90 Å². The minimum Gasteiger partial charge on any atom is -0.278 e. The first-order chi connectivity index (χ1) is 9.74. The van der Waals surface area contributed by atoms with Gasteiger partial charge in [-0.1, -0.05) is 13.3 Å². The van der Waals surface area contributed by atoms with E-state index >= 15 is 0 Å². The summed E-state index contributed by atoms with van der Waals surface area (Å²) in [4.78, 5) is 25.2. The quantitative estimate of drug-likeness (QED) is 0.748. The molecule has 1 fully saturated rings. The van der Waals surface area contributed by atoms with Crippen LogP contribution in [0.25, 0.3) is 0 Å². The number of likely N-dealkylation sites (tertiary alicyclic amines) is 1. The minimum atomic E-state index is -4.53. The Morgan fingerprint density at radius 3 is 2.62 bits per heavy atom. The summed E-state index contributed by atoms with van der Waals surface area (Å²) in [5, 5.41) is 0. The predicted octanol–water partition coefficient (Wildman–Crippen LogP) is 3.87. The van der Waals surface area contributed by atoms with Gasteiger partial charge < -0.3 is 0 Å². The Balaban J connectivity index is 2.33. The molecule has 1 aliphatic heterocycles. The van der Waals surface area contributed by atoms with Gasteiger partial charge in [-0.15, -0.1) is 0 Å². The average molecular weight is 364 g/mol. The van der Waals surface area contributed by atoms with Gasteiger partial charge in [0.15, 0.2) is 0 Å². The summed E-state index contributed by atoms with van der Waals surface area (Å²) in [6.45, 7) is 2.17. The molecule has 1 atom stereocenters. The third-order valence-corrected chi connectivity index (χ3v) is 4.24. The highest BCUT2D eigenvalue weighted by Gasteiger charge is 2.36. The zero-order chi connectivity index (χ0) is 15.8. The smallest absolute Gasteiger partial charge is 0.278 e. The predicted molar refractivity (Wildman–Crippen MR) is 73.6 cm³/mol. The van der Waals surface area contributed by atoms with Crippen LogP contribution in [0.4, 0.5) is 13.2 Å². The molecule has 1 aliphatic rings. The molecule has 1 aromatic rings. The zero-order valence-electron chi connectivity index (χ0n) is 11.2. The summed E-state index contributed by atoms with van der Waals surface area (Å²) in [7, 11) is 0. The molecule has 0 bridgehead atoms. The highest BCUT2D eigenvalue weighted by molar-refractivity contribution is 9.10. The molecule has 7 heteroatoms. The van der Waals surface area contributed by atoms with E-state index in [2.05, 4.69) is 15.9 Å². The lowest BCUT2D eigenvalue weighted by Gasteiger charge is -2.17. The second kappa shape index (κ2) is 5.79. The summed E-state index contributed by atoms with van der Waals surface area (Å²) in [5.41, 5.74) is -1.05. The van der Waals surface area contributed by atoms with E-state index in [1.807, 2.05) is 6.92 Å².